The highest BCUT2D eigenvalue weighted by Crippen LogP contribution is 2.26. The monoisotopic (exact) mass is 557 g/mol. The fourth-order valence-electron chi connectivity index (χ4n) is 3.63. The summed E-state index contributed by atoms with van der Waals surface area (Å²) in [5, 5.41) is 3.35. The molecular formula is C23H29FIN3O4. The number of hydrogen-bond acceptors (Lipinski definition) is 5. The van der Waals surface area contributed by atoms with Crippen molar-refractivity contribution in [1.82, 2.24) is 10.2 Å². The van der Waals surface area contributed by atoms with Gasteiger partial charge in [-0.2, -0.15) is 0 Å². The van der Waals surface area contributed by atoms with Gasteiger partial charge in [0.25, 0.3) is 0 Å². The number of morpholine rings is 1. The number of carbonyl (C=O) groups is 1. The molecule has 9 heteroatoms. The number of carbonyl (C=O) groups excluding carboxylic acids is 1. The van der Waals surface area contributed by atoms with Gasteiger partial charge in [0.1, 0.15) is 23.2 Å². The number of esters is 1. The molecule has 0 aliphatic carbocycles. The molecule has 2 aromatic rings. The molecule has 1 heterocycles. The highest BCUT2D eigenvalue weighted by Gasteiger charge is 2.28. The van der Waals surface area contributed by atoms with Crippen molar-refractivity contribution < 1.29 is 23.4 Å². The molecule has 7 nitrogen and oxygen atoms in total. The Bertz CT molecular complexity index is 939. The van der Waals surface area contributed by atoms with E-state index in [0.29, 0.717) is 30.9 Å². The normalized spacial score (nSPS) is 18.5. The maximum atomic E-state index is 13.3. The third-order valence-corrected chi connectivity index (χ3v) is 5.13. The Morgan fingerprint density at radius 3 is 2.56 bits per heavy atom. The number of benzene rings is 2. The summed E-state index contributed by atoms with van der Waals surface area (Å²) in [6.45, 7) is 3.73. The molecule has 1 N–H and O–H groups in total. The lowest BCUT2D eigenvalue weighted by Gasteiger charge is -2.38. The second-order valence-corrected chi connectivity index (χ2v) is 7.32. The summed E-state index contributed by atoms with van der Waals surface area (Å²) >= 11 is 0. The fourth-order valence-corrected chi connectivity index (χ4v) is 3.63. The van der Waals surface area contributed by atoms with Gasteiger partial charge in [-0.1, -0.05) is 18.2 Å². The van der Waals surface area contributed by atoms with Crippen molar-refractivity contribution >= 4 is 35.9 Å². The van der Waals surface area contributed by atoms with Gasteiger partial charge >= 0.3 is 5.97 Å². The summed E-state index contributed by atoms with van der Waals surface area (Å²) in [7, 11) is 4.58. The molecule has 3 rings (SSSR count). The second kappa shape index (κ2) is 12.0. The quantitative estimate of drug-likeness (QED) is 0.261. The third kappa shape index (κ3) is 6.32. The van der Waals surface area contributed by atoms with Crippen LogP contribution in [0.2, 0.25) is 0 Å². The van der Waals surface area contributed by atoms with Gasteiger partial charge in [0.2, 0.25) is 0 Å². The number of nitrogens with zero attached hydrogens (tertiary/aromatic N) is 2. The van der Waals surface area contributed by atoms with E-state index < -0.39 is 5.97 Å². The molecule has 2 atom stereocenters. The molecule has 1 fully saturated rings. The number of ether oxygens (including phenoxy) is 3. The highest BCUT2D eigenvalue weighted by molar-refractivity contribution is 14.0. The first-order valence-electron chi connectivity index (χ1n) is 10.1. The molecule has 0 amide bonds. The standard InChI is InChI=1S/C23H28FN3O4.HI/c1-15-13-27(14-21(31-15)17-6-8-18(24)9-7-17)23(25-2)26-12-16-5-10-20(29-3)19(11-16)22(28)30-4;/h5-11,15,21H,12-14H2,1-4H3,(H,25,26);1H. The van der Waals surface area contributed by atoms with Gasteiger partial charge in [0.05, 0.1) is 26.9 Å². The molecule has 2 aromatic carbocycles. The maximum Gasteiger partial charge on any atom is 0.341 e. The van der Waals surface area contributed by atoms with Crippen molar-refractivity contribution in [1.29, 1.82) is 0 Å². The van der Waals surface area contributed by atoms with E-state index in [1.54, 1.807) is 31.3 Å². The molecule has 0 saturated carbocycles. The van der Waals surface area contributed by atoms with E-state index in [9.17, 15) is 9.18 Å². The van der Waals surface area contributed by atoms with Crippen LogP contribution in [0.25, 0.3) is 0 Å². The van der Waals surface area contributed by atoms with E-state index in [1.807, 2.05) is 13.0 Å². The molecular weight excluding hydrogens is 528 g/mol. The van der Waals surface area contributed by atoms with Crippen LogP contribution in [0.15, 0.2) is 47.5 Å². The lowest BCUT2D eigenvalue weighted by atomic mass is 10.1. The maximum absolute atomic E-state index is 13.3. The molecule has 32 heavy (non-hydrogen) atoms. The molecule has 0 aromatic heterocycles. The Morgan fingerprint density at radius 1 is 1.22 bits per heavy atom. The Labute approximate surface area is 205 Å². The average molecular weight is 557 g/mol. The largest absolute Gasteiger partial charge is 0.496 e. The summed E-state index contributed by atoms with van der Waals surface area (Å²) in [4.78, 5) is 18.6. The summed E-state index contributed by atoms with van der Waals surface area (Å²) in [6.07, 6.45) is -0.205. The number of methoxy groups -OCH3 is 2. The van der Waals surface area contributed by atoms with Gasteiger partial charge in [-0.3, -0.25) is 4.99 Å². The van der Waals surface area contributed by atoms with Crippen LogP contribution in [0, 0.1) is 5.82 Å². The molecule has 0 radical (unpaired) electrons. The number of guanidine groups is 1. The molecule has 174 valence electrons. The number of rotatable bonds is 5. The first-order valence-corrected chi connectivity index (χ1v) is 10.1. The molecule has 1 saturated heterocycles. The van der Waals surface area contributed by atoms with Gasteiger partial charge < -0.3 is 24.4 Å². The predicted octanol–water partition coefficient (Wildman–Crippen LogP) is 3.78. The lowest BCUT2D eigenvalue weighted by Crippen LogP contribution is -2.50. The average Bonchev–Trinajstić information content (AvgIpc) is 2.79. The summed E-state index contributed by atoms with van der Waals surface area (Å²) in [6, 6.07) is 11.8. The zero-order valence-corrected chi connectivity index (χ0v) is 21.0. The predicted molar refractivity (Wildman–Crippen MR) is 131 cm³/mol. The fraction of sp³-hybridized carbons (Fsp3) is 0.391. The van der Waals surface area contributed by atoms with Crippen LogP contribution < -0.4 is 10.1 Å². The minimum absolute atomic E-state index is 0. The van der Waals surface area contributed by atoms with Crippen LogP contribution in [-0.2, 0) is 16.0 Å². The lowest BCUT2D eigenvalue weighted by molar-refractivity contribution is -0.0605. The first-order chi connectivity index (χ1) is 14.9. The molecule has 1 aliphatic heterocycles. The van der Waals surface area contributed by atoms with Crippen molar-refractivity contribution in [2.45, 2.75) is 25.7 Å². The first kappa shape index (κ1) is 25.9. The van der Waals surface area contributed by atoms with Gasteiger partial charge in [-0.05, 0) is 42.3 Å². The second-order valence-electron chi connectivity index (χ2n) is 7.32. The van der Waals surface area contributed by atoms with E-state index in [1.165, 1.54) is 26.4 Å². The summed E-state index contributed by atoms with van der Waals surface area (Å²) in [5.74, 6) is 0.460. The minimum atomic E-state index is -0.452. The minimum Gasteiger partial charge on any atom is -0.496 e. The van der Waals surface area contributed by atoms with Gasteiger partial charge in [0, 0.05) is 20.1 Å². The molecule has 1 aliphatic rings. The molecule has 0 spiro atoms. The smallest absolute Gasteiger partial charge is 0.341 e. The summed E-state index contributed by atoms with van der Waals surface area (Å²) < 4.78 is 29.4. The highest BCUT2D eigenvalue weighted by atomic mass is 127. The van der Waals surface area contributed by atoms with Crippen molar-refractivity contribution in [3.63, 3.8) is 0 Å². The molecule has 2 unspecified atom stereocenters. The third-order valence-electron chi connectivity index (χ3n) is 5.13. The van der Waals surface area contributed by atoms with E-state index in [-0.39, 0.29) is 42.0 Å². The Hall–Kier alpha value is -2.40. The van der Waals surface area contributed by atoms with E-state index in [2.05, 4.69) is 15.2 Å². The van der Waals surface area contributed by atoms with Gasteiger partial charge in [0.15, 0.2) is 5.96 Å². The Morgan fingerprint density at radius 2 is 1.94 bits per heavy atom. The van der Waals surface area contributed by atoms with E-state index in [0.717, 1.165) is 17.1 Å². The van der Waals surface area contributed by atoms with Crippen LogP contribution in [0.3, 0.4) is 0 Å². The van der Waals surface area contributed by atoms with Crippen LogP contribution in [0.5, 0.6) is 5.75 Å². The van der Waals surface area contributed by atoms with Crippen molar-refractivity contribution in [3.05, 3.63) is 65.0 Å². The zero-order valence-electron chi connectivity index (χ0n) is 18.6. The van der Waals surface area contributed by atoms with E-state index >= 15 is 0 Å². The number of nitrogens with one attached hydrogen (secondary N) is 1. The number of aliphatic imine (C=N–C) groups is 1. The zero-order chi connectivity index (χ0) is 22.4. The van der Waals surface area contributed by atoms with Crippen molar-refractivity contribution in [2.75, 3.05) is 34.4 Å². The van der Waals surface area contributed by atoms with Crippen LogP contribution in [-0.4, -0.2) is 57.3 Å². The van der Waals surface area contributed by atoms with Gasteiger partial charge in [-0.25, -0.2) is 9.18 Å². The molecule has 0 bridgehead atoms. The van der Waals surface area contributed by atoms with E-state index in [4.69, 9.17) is 14.2 Å². The van der Waals surface area contributed by atoms with Gasteiger partial charge in [-0.15, -0.1) is 24.0 Å². The summed E-state index contributed by atoms with van der Waals surface area (Å²) in [5.41, 5.74) is 2.18. The van der Waals surface area contributed by atoms with Crippen LogP contribution in [0.4, 0.5) is 4.39 Å². The Kier molecular flexibility index (Phi) is 9.70. The number of hydrogen-bond donors (Lipinski definition) is 1. The van der Waals surface area contributed by atoms with Crippen LogP contribution >= 0.6 is 24.0 Å². The number of halogens is 2. The topological polar surface area (TPSA) is 72.4 Å². The van der Waals surface area contributed by atoms with Crippen LogP contribution in [0.1, 0.15) is 34.5 Å². The van der Waals surface area contributed by atoms with Crippen molar-refractivity contribution in [3.8, 4) is 5.75 Å². The van der Waals surface area contributed by atoms with Crippen molar-refractivity contribution in [2.24, 2.45) is 4.99 Å². The Balaban J connectivity index is 0.00000363. The SMILES string of the molecule is CN=C(NCc1ccc(OC)c(C(=O)OC)c1)N1CC(C)OC(c2ccc(F)cc2)C1.I.